The number of fused-ring (bicyclic) bond motifs is 1. The number of hydrogen-bond donors (Lipinski definition) is 2. The molecule has 3 rings (SSSR count). The van der Waals surface area contributed by atoms with Gasteiger partial charge in [-0.2, -0.15) is 5.10 Å². The van der Waals surface area contributed by atoms with Gasteiger partial charge in [0.2, 0.25) is 5.91 Å². The number of unbranched alkanes of at least 4 members (excludes halogenated alkanes) is 2. The summed E-state index contributed by atoms with van der Waals surface area (Å²) < 4.78 is 15.0. The van der Waals surface area contributed by atoms with Crippen LogP contribution in [0.1, 0.15) is 42.2 Å². The van der Waals surface area contributed by atoms with Crippen molar-refractivity contribution >= 4 is 22.6 Å². The highest BCUT2D eigenvalue weighted by atomic mass is 19.1. The molecule has 0 aliphatic heterocycles. The van der Waals surface area contributed by atoms with Crippen LogP contribution in [0.3, 0.4) is 0 Å². The third-order valence-corrected chi connectivity index (χ3v) is 4.68. The van der Waals surface area contributed by atoms with Crippen molar-refractivity contribution in [2.24, 2.45) is 0 Å². The van der Waals surface area contributed by atoms with Gasteiger partial charge < -0.3 is 0 Å². The molecule has 0 fully saturated rings. The quantitative estimate of drug-likeness (QED) is 0.463. The molecule has 0 unspecified atom stereocenters. The van der Waals surface area contributed by atoms with Crippen molar-refractivity contribution in [2.45, 2.75) is 39.2 Å². The molecule has 1 heterocycles. The maximum Gasteiger partial charge on any atom is 0.290 e. The molecule has 30 heavy (non-hydrogen) atoms. The number of halogens is 1. The van der Waals surface area contributed by atoms with Crippen LogP contribution in [0.25, 0.3) is 10.8 Å². The Labute approximate surface area is 172 Å². The minimum absolute atomic E-state index is 0.0351. The van der Waals surface area contributed by atoms with Crippen LogP contribution in [-0.2, 0) is 17.8 Å². The molecule has 2 amide bonds. The summed E-state index contributed by atoms with van der Waals surface area (Å²) in [6.07, 6.45) is 2.47. The zero-order chi connectivity index (χ0) is 21.5. The van der Waals surface area contributed by atoms with Crippen LogP contribution < -0.4 is 16.4 Å². The van der Waals surface area contributed by atoms with Gasteiger partial charge in [0.1, 0.15) is 5.82 Å². The number of hydrazine groups is 1. The zero-order valence-electron chi connectivity index (χ0n) is 16.7. The zero-order valence-corrected chi connectivity index (χ0v) is 16.7. The molecule has 0 atom stereocenters. The third kappa shape index (κ3) is 4.89. The number of carbonyl (C=O) groups excluding carboxylic acids is 2. The van der Waals surface area contributed by atoms with E-state index in [-0.39, 0.29) is 23.2 Å². The van der Waals surface area contributed by atoms with E-state index in [1.165, 1.54) is 22.9 Å². The number of rotatable bonds is 7. The third-order valence-electron chi connectivity index (χ3n) is 4.68. The smallest absolute Gasteiger partial charge is 0.273 e. The van der Waals surface area contributed by atoms with E-state index in [1.54, 1.807) is 30.3 Å². The summed E-state index contributed by atoms with van der Waals surface area (Å²) in [6.45, 7) is 2.46. The van der Waals surface area contributed by atoms with E-state index in [0.29, 0.717) is 17.3 Å². The first-order valence-electron chi connectivity index (χ1n) is 9.83. The Morgan fingerprint density at radius 1 is 1.00 bits per heavy atom. The number of nitrogens with one attached hydrogen (secondary N) is 2. The lowest BCUT2D eigenvalue weighted by atomic mass is 10.1. The first-order chi connectivity index (χ1) is 14.5. The van der Waals surface area contributed by atoms with Gasteiger partial charge in [0.05, 0.1) is 11.8 Å². The van der Waals surface area contributed by atoms with Crippen LogP contribution in [0, 0.1) is 5.82 Å². The van der Waals surface area contributed by atoms with E-state index in [2.05, 4.69) is 22.9 Å². The molecule has 0 aliphatic rings. The lowest BCUT2D eigenvalue weighted by Gasteiger charge is -2.12. The monoisotopic (exact) mass is 410 g/mol. The minimum atomic E-state index is -0.655. The molecule has 156 valence electrons. The average Bonchev–Trinajstić information content (AvgIpc) is 2.75. The van der Waals surface area contributed by atoms with E-state index in [4.69, 9.17) is 0 Å². The molecule has 8 heteroatoms. The second-order valence-electron chi connectivity index (χ2n) is 6.90. The van der Waals surface area contributed by atoms with Gasteiger partial charge in [0, 0.05) is 11.9 Å². The highest BCUT2D eigenvalue weighted by molar-refractivity contribution is 6.05. The summed E-state index contributed by atoms with van der Waals surface area (Å²) in [6, 6.07) is 12.6. The van der Waals surface area contributed by atoms with Crippen molar-refractivity contribution in [1.82, 2.24) is 20.6 Å². The van der Waals surface area contributed by atoms with Crippen molar-refractivity contribution in [3.8, 4) is 0 Å². The molecule has 2 N–H and O–H groups in total. The summed E-state index contributed by atoms with van der Waals surface area (Å²) in [5, 5.41) is 5.01. The lowest BCUT2D eigenvalue weighted by molar-refractivity contribution is -0.121. The van der Waals surface area contributed by atoms with E-state index in [1.807, 2.05) is 0 Å². The van der Waals surface area contributed by atoms with Crippen molar-refractivity contribution in [1.29, 1.82) is 0 Å². The fraction of sp³-hybridized carbons (Fsp3) is 0.273. The summed E-state index contributed by atoms with van der Waals surface area (Å²) in [4.78, 5) is 37.5. The standard InChI is InChI=1S/C22H23FN4O3/c1-2-3-8-13-27-22(30)17-11-6-5-10-16(17)20(26-27)21(29)25-24-19(28)14-15-9-4-7-12-18(15)23/h4-7,9-12H,2-3,8,13-14H2,1H3,(H,24,28)(H,25,29). The van der Waals surface area contributed by atoms with Crippen LogP contribution in [0.2, 0.25) is 0 Å². The Kier molecular flexibility index (Phi) is 6.90. The maximum absolute atomic E-state index is 13.7. The number of aryl methyl sites for hydroxylation is 1. The van der Waals surface area contributed by atoms with Gasteiger partial charge >= 0.3 is 0 Å². The number of hydrogen-bond acceptors (Lipinski definition) is 4. The SMILES string of the molecule is CCCCCn1nc(C(=O)NNC(=O)Cc2ccccc2F)c2ccccc2c1=O. The molecule has 0 saturated carbocycles. The van der Waals surface area contributed by atoms with Gasteiger partial charge in [0.15, 0.2) is 5.69 Å². The largest absolute Gasteiger partial charge is 0.290 e. The van der Waals surface area contributed by atoms with Crippen molar-refractivity contribution < 1.29 is 14.0 Å². The molecule has 2 aromatic carbocycles. The van der Waals surface area contributed by atoms with Gasteiger partial charge in [-0.3, -0.25) is 25.2 Å². The Bertz CT molecular complexity index is 1130. The molecule has 0 saturated heterocycles. The van der Waals surface area contributed by atoms with Crippen molar-refractivity contribution in [3.63, 3.8) is 0 Å². The molecule has 3 aromatic rings. The number of carbonyl (C=O) groups is 2. The van der Waals surface area contributed by atoms with E-state index >= 15 is 0 Å². The molecule has 7 nitrogen and oxygen atoms in total. The van der Waals surface area contributed by atoms with Gasteiger partial charge in [-0.25, -0.2) is 9.07 Å². The molecule has 0 bridgehead atoms. The fourth-order valence-corrected chi connectivity index (χ4v) is 3.11. The van der Waals surface area contributed by atoms with Crippen molar-refractivity contribution in [2.75, 3.05) is 0 Å². The summed E-state index contributed by atoms with van der Waals surface area (Å²) in [5.74, 6) is -1.72. The molecule has 1 aromatic heterocycles. The van der Waals surface area contributed by atoms with Crippen LogP contribution >= 0.6 is 0 Å². The first kappa shape index (κ1) is 21.2. The normalized spacial score (nSPS) is 10.7. The average molecular weight is 410 g/mol. The maximum atomic E-state index is 13.7. The number of benzene rings is 2. The summed E-state index contributed by atoms with van der Waals surface area (Å²) in [7, 11) is 0. The topological polar surface area (TPSA) is 93.1 Å². The van der Waals surface area contributed by atoms with Crippen molar-refractivity contribution in [3.05, 3.63) is 76.0 Å². The van der Waals surface area contributed by atoms with Gasteiger partial charge in [-0.15, -0.1) is 0 Å². The minimum Gasteiger partial charge on any atom is -0.273 e. The Morgan fingerprint density at radius 2 is 1.70 bits per heavy atom. The fourth-order valence-electron chi connectivity index (χ4n) is 3.11. The summed E-state index contributed by atoms with van der Waals surface area (Å²) in [5.41, 5.74) is 4.57. The molecule has 0 spiro atoms. The predicted octanol–water partition coefficient (Wildman–Crippen LogP) is 2.73. The Balaban J connectivity index is 1.78. The highest BCUT2D eigenvalue weighted by Crippen LogP contribution is 2.13. The molecular formula is C22H23FN4O3. The summed E-state index contributed by atoms with van der Waals surface area (Å²) >= 11 is 0. The Hall–Kier alpha value is -3.55. The van der Waals surface area contributed by atoms with Crippen LogP contribution in [-0.4, -0.2) is 21.6 Å². The molecular weight excluding hydrogens is 387 g/mol. The highest BCUT2D eigenvalue weighted by Gasteiger charge is 2.17. The lowest BCUT2D eigenvalue weighted by Crippen LogP contribution is -2.43. The second-order valence-corrected chi connectivity index (χ2v) is 6.90. The second kappa shape index (κ2) is 9.78. The molecule has 0 aliphatic carbocycles. The van der Waals surface area contributed by atoms with E-state index in [0.717, 1.165) is 19.3 Å². The number of aromatic nitrogens is 2. The molecule has 0 radical (unpaired) electrons. The van der Waals surface area contributed by atoms with Gasteiger partial charge in [-0.05, 0) is 24.1 Å². The first-order valence-corrected chi connectivity index (χ1v) is 9.83. The predicted molar refractivity (Wildman–Crippen MR) is 111 cm³/mol. The van der Waals surface area contributed by atoms with Gasteiger partial charge in [0.25, 0.3) is 11.5 Å². The van der Waals surface area contributed by atoms with Crippen LogP contribution in [0.15, 0.2) is 53.3 Å². The van der Waals surface area contributed by atoms with E-state index in [9.17, 15) is 18.8 Å². The van der Waals surface area contributed by atoms with E-state index < -0.39 is 17.6 Å². The van der Waals surface area contributed by atoms with Crippen LogP contribution in [0.5, 0.6) is 0 Å². The number of amides is 2. The van der Waals surface area contributed by atoms with Gasteiger partial charge in [-0.1, -0.05) is 56.2 Å². The van der Waals surface area contributed by atoms with Crippen LogP contribution in [0.4, 0.5) is 4.39 Å². The number of nitrogens with zero attached hydrogens (tertiary/aromatic N) is 2. The Morgan fingerprint density at radius 3 is 2.43 bits per heavy atom.